The van der Waals surface area contributed by atoms with Gasteiger partial charge in [0.25, 0.3) is 5.91 Å². The first-order valence-electron chi connectivity index (χ1n) is 14.7. The number of fused-ring (bicyclic) bond motifs is 2. The highest BCUT2D eigenvalue weighted by Crippen LogP contribution is 2.41. The minimum absolute atomic E-state index is 0.0109. The smallest absolute Gasteiger partial charge is 0.252 e. The lowest BCUT2D eigenvalue weighted by Crippen LogP contribution is -2.59. The van der Waals surface area contributed by atoms with Crippen molar-refractivity contribution in [3.8, 4) is 5.75 Å². The van der Waals surface area contributed by atoms with Crippen LogP contribution >= 0.6 is 46.1 Å². The lowest BCUT2D eigenvalue weighted by Gasteiger charge is -2.40. The number of hydrogen-bond donors (Lipinski definition) is 2. The number of aromatic nitrogens is 1. The third-order valence-electron chi connectivity index (χ3n) is 8.64. The Hall–Kier alpha value is -2.47. The van der Waals surface area contributed by atoms with Crippen LogP contribution in [0.5, 0.6) is 5.75 Å². The molecule has 1 aromatic heterocycles. The van der Waals surface area contributed by atoms with Crippen molar-refractivity contribution in [1.29, 1.82) is 0 Å². The molecule has 3 aromatic rings. The standard InChI is InChI=1S/C31H30Cl3F2N5O2S/c32-21-3-1-2-16(27(21)33)14-41(18-4-5-18)30(42)26-20(10-17-11-37-12-24(26)39-17)25-13-38-31(44-25)40-9-8-19(15-40)43-29-23(36)7-6-22(35)28(29)34/h1-3,6-7,13,17-19,24,37,39H,4-5,8-12,14-15H2/t17-,19-,24-/m0/s1. The van der Waals surface area contributed by atoms with Crippen molar-refractivity contribution in [2.45, 2.75) is 56.5 Å². The maximum Gasteiger partial charge on any atom is 0.252 e. The van der Waals surface area contributed by atoms with E-state index in [1.807, 2.05) is 23.2 Å². The van der Waals surface area contributed by atoms with Gasteiger partial charge in [-0.3, -0.25) is 4.79 Å². The molecule has 0 unspecified atom stereocenters. The molecule has 4 heterocycles. The molecule has 2 aromatic carbocycles. The summed E-state index contributed by atoms with van der Waals surface area (Å²) in [5.41, 5.74) is 2.63. The van der Waals surface area contributed by atoms with Crippen LogP contribution < -0.4 is 20.3 Å². The van der Waals surface area contributed by atoms with Crippen molar-refractivity contribution in [2.24, 2.45) is 0 Å². The molecule has 1 aliphatic carbocycles. The van der Waals surface area contributed by atoms with Crippen LogP contribution in [0.4, 0.5) is 13.9 Å². The van der Waals surface area contributed by atoms with E-state index in [1.165, 1.54) is 0 Å². The number of carbonyl (C=O) groups excluding carboxylic acids is 1. The highest BCUT2D eigenvalue weighted by Gasteiger charge is 2.42. The van der Waals surface area contributed by atoms with Gasteiger partial charge in [0.1, 0.15) is 16.9 Å². The van der Waals surface area contributed by atoms with Crippen LogP contribution in [0.1, 0.15) is 36.1 Å². The van der Waals surface area contributed by atoms with Gasteiger partial charge in [0.2, 0.25) is 0 Å². The largest absolute Gasteiger partial charge is 0.484 e. The topological polar surface area (TPSA) is 69.7 Å². The fourth-order valence-electron chi connectivity index (χ4n) is 6.29. The van der Waals surface area contributed by atoms with E-state index in [-0.39, 0.29) is 40.9 Å². The first kappa shape index (κ1) is 30.2. The number of thiazole rings is 1. The van der Waals surface area contributed by atoms with Gasteiger partial charge in [0.15, 0.2) is 16.7 Å². The molecule has 4 aliphatic rings. The van der Waals surface area contributed by atoms with Crippen molar-refractivity contribution in [3.63, 3.8) is 0 Å². The zero-order chi connectivity index (χ0) is 30.5. The third kappa shape index (κ3) is 5.92. The van der Waals surface area contributed by atoms with E-state index in [9.17, 15) is 13.6 Å². The second-order valence-electron chi connectivity index (χ2n) is 11.7. The lowest BCUT2D eigenvalue weighted by molar-refractivity contribution is -0.128. The average molecular weight is 681 g/mol. The molecule has 2 N–H and O–H groups in total. The molecule has 232 valence electrons. The lowest BCUT2D eigenvalue weighted by atomic mass is 9.86. The summed E-state index contributed by atoms with van der Waals surface area (Å²) in [6.45, 7) is 2.97. The number of amides is 1. The summed E-state index contributed by atoms with van der Waals surface area (Å²) >= 11 is 20.4. The van der Waals surface area contributed by atoms with Gasteiger partial charge in [-0.2, -0.15) is 0 Å². The molecule has 1 saturated carbocycles. The zero-order valence-corrected chi connectivity index (χ0v) is 26.7. The molecule has 44 heavy (non-hydrogen) atoms. The van der Waals surface area contributed by atoms with Crippen LogP contribution in [-0.4, -0.2) is 66.2 Å². The number of benzene rings is 2. The molecular formula is C31H30Cl3F2N5O2S. The number of halogens is 5. The number of nitrogens with one attached hydrogen (secondary N) is 2. The Balaban J connectivity index is 1.15. The summed E-state index contributed by atoms with van der Waals surface area (Å²) in [5, 5.41) is 8.53. The second kappa shape index (κ2) is 12.4. The second-order valence-corrected chi connectivity index (χ2v) is 13.9. The van der Waals surface area contributed by atoms with Crippen LogP contribution in [0.2, 0.25) is 15.1 Å². The molecule has 3 atom stereocenters. The van der Waals surface area contributed by atoms with Crippen LogP contribution in [0.25, 0.3) is 5.57 Å². The minimum atomic E-state index is -0.723. The van der Waals surface area contributed by atoms with Crippen LogP contribution in [-0.2, 0) is 11.3 Å². The van der Waals surface area contributed by atoms with Gasteiger partial charge in [-0.05, 0) is 48.6 Å². The maximum absolute atomic E-state index is 14.4. The van der Waals surface area contributed by atoms with Crippen molar-refractivity contribution in [2.75, 3.05) is 31.1 Å². The van der Waals surface area contributed by atoms with Crippen LogP contribution in [0.3, 0.4) is 0 Å². The van der Waals surface area contributed by atoms with E-state index in [0.29, 0.717) is 49.1 Å². The van der Waals surface area contributed by atoms with Crippen molar-refractivity contribution in [3.05, 3.63) is 79.2 Å². The monoisotopic (exact) mass is 679 g/mol. The summed E-state index contributed by atoms with van der Waals surface area (Å²) in [5.74, 6) is -1.67. The molecule has 2 bridgehead atoms. The summed E-state index contributed by atoms with van der Waals surface area (Å²) in [6, 6.07) is 7.77. The summed E-state index contributed by atoms with van der Waals surface area (Å²) in [7, 11) is 0. The Kier molecular flexibility index (Phi) is 8.50. The van der Waals surface area contributed by atoms with Crippen molar-refractivity contribution < 1.29 is 18.3 Å². The van der Waals surface area contributed by atoms with Gasteiger partial charge >= 0.3 is 0 Å². The molecule has 2 saturated heterocycles. The SMILES string of the molecule is O=C(C1=C(c2cnc(N3CC[C@H](Oc4c(F)ccc(F)c4Cl)C3)s2)C[C@H]2CNC[C@@H]1N2)N(Cc1cccc(Cl)c1Cl)C1CC1. The molecule has 13 heteroatoms. The Labute approximate surface area is 273 Å². The molecule has 7 rings (SSSR count). The summed E-state index contributed by atoms with van der Waals surface area (Å²) < 4.78 is 34.1. The summed E-state index contributed by atoms with van der Waals surface area (Å²) in [4.78, 5) is 24.2. The number of ether oxygens (including phenoxy) is 1. The zero-order valence-electron chi connectivity index (χ0n) is 23.6. The van der Waals surface area contributed by atoms with Crippen LogP contribution in [0, 0.1) is 11.6 Å². The Morgan fingerprint density at radius 1 is 1.09 bits per heavy atom. The van der Waals surface area contributed by atoms with E-state index in [0.717, 1.165) is 58.2 Å². The highest BCUT2D eigenvalue weighted by atomic mass is 35.5. The molecular weight excluding hydrogens is 651 g/mol. The Morgan fingerprint density at radius 3 is 2.73 bits per heavy atom. The molecule has 7 nitrogen and oxygen atoms in total. The van der Waals surface area contributed by atoms with E-state index in [4.69, 9.17) is 44.5 Å². The number of hydrogen-bond acceptors (Lipinski definition) is 7. The van der Waals surface area contributed by atoms with Gasteiger partial charge in [-0.15, -0.1) is 0 Å². The first-order valence-corrected chi connectivity index (χ1v) is 16.7. The number of rotatable bonds is 8. The van der Waals surface area contributed by atoms with Gasteiger partial charge in [-0.1, -0.05) is 58.3 Å². The molecule has 0 radical (unpaired) electrons. The maximum atomic E-state index is 14.4. The normalized spacial score (nSPS) is 23.3. The first-order chi connectivity index (χ1) is 21.3. The van der Waals surface area contributed by atoms with Crippen LogP contribution in [0.15, 0.2) is 42.1 Å². The van der Waals surface area contributed by atoms with Gasteiger partial charge in [-0.25, -0.2) is 13.8 Å². The Morgan fingerprint density at radius 2 is 1.91 bits per heavy atom. The quantitative estimate of drug-likeness (QED) is 0.272. The van der Waals surface area contributed by atoms with Gasteiger partial charge in [0.05, 0.1) is 27.5 Å². The number of anilines is 1. The molecule has 0 spiro atoms. The van der Waals surface area contributed by atoms with Crippen molar-refractivity contribution >= 4 is 62.8 Å². The molecule has 3 aliphatic heterocycles. The van der Waals surface area contributed by atoms with E-state index < -0.39 is 11.6 Å². The fourth-order valence-corrected chi connectivity index (χ4v) is 7.89. The summed E-state index contributed by atoms with van der Waals surface area (Å²) in [6.07, 6.45) is 4.70. The number of nitrogens with zero attached hydrogens (tertiary/aromatic N) is 3. The predicted molar refractivity (Wildman–Crippen MR) is 170 cm³/mol. The van der Waals surface area contributed by atoms with Gasteiger partial charge < -0.3 is 25.2 Å². The van der Waals surface area contributed by atoms with Crippen molar-refractivity contribution in [1.82, 2.24) is 20.5 Å². The number of piperazine rings is 1. The fraction of sp³-hybridized carbons (Fsp3) is 0.419. The van der Waals surface area contributed by atoms with E-state index >= 15 is 0 Å². The number of carbonyl (C=O) groups is 1. The predicted octanol–water partition coefficient (Wildman–Crippen LogP) is 6.32. The van der Waals surface area contributed by atoms with Gasteiger partial charge in [0, 0.05) is 56.5 Å². The van der Waals surface area contributed by atoms with E-state index in [1.54, 1.807) is 17.4 Å². The minimum Gasteiger partial charge on any atom is -0.484 e. The average Bonchev–Trinajstić information content (AvgIpc) is 3.53. The Bertz CT molecular complexity index is 1630. The molecule has 1 amide bonds. The highest BCUT2D eigenvalue weighted by molar-refractivity contribution is 7.16. The van der Waals surface area contributed by atoms with E-state index in [2.05, 4.69) is 15.5 Å². The molecule has 3 fully saturated rings. The third-order valence-corrected chi connectivity index (χ3v) is 11.0.